The molecule has 2 aromatic rings. The minimum absolute atomic E-state index is 0.0697. The molecule has 112 valence electrons. The normalized spacial score (nSPS) is 19.8. The van der Waals surface area contributed by atoms with Gasteiger partial charge >= 0.3 is 0 Å². The molecule has 0 aliphatic carbocycles. The third-order valence-electron chi connectivity index (χ3n) is 3.90. The van der Waals surface area contributed by atoms with Crippen LogP contribution in [0.2, 0.25) is 0 Å². The molecule has 1 aromatic heterocycles. The molecule has 1 aliphatic rings. The molecule has 1 saturated heterocycles. The maximum atomic E-state index is 12.2. The van der Waals surface area contributed by atoms with Crippen molar-refractivity contribution in [1.29, 1.82) is 0 Å². The molecule has 1 aromatic carbocycles. The third-order valence-corrected chi connectivity index (χ3v) is 3.90. The number of ether oxygens (including phenoxy) is 1. The molecule has 0 saturated carbocycles. The van der Waals surface area contributed by atoms with Crippen LogP contribution in [-0.4, -0.2) is 40.1 Å². The maximum Gasteiger partial charge on any atom is 0.251 e. The Morgan fingerprint density at radius 1 is 1.48 bits per heavy atom. The summed E-state index contributed by atoms with van der Waals surface area (Å²) in [6.07, 6.45) is 4.61. The minimum atomic E-state index is -0.0697. The first-order valence-corrected chi connectivity index (χ1v) is 7.45. The zero-order valence-electron chi connectivity index (χ0n) is 12.1. The average Bonchev–Trinajstić information content (AvgIpc) is 3.15. The molecule has 0 unspecified atom stereocenters. The molecule has 6 nitrogen and oxygen atoms in total. The minimum Gasteiger partial charge on any atom is -0.378 e. The number of aromatic nitrogens is 3. The number of rotatable bonds is 5. The molecule has 1 amide bonds. The number of hydrogen-bond acceptors (Lipinski definition) is 4. The second kappa shape index (κ2) is 6.22. The molecule has 1 fully saturated rings. The van der Waals surface area contributed by atoms with Crippen LogP contribution in [0.25, 0.3) is 11.0 Å². The lowest BCUT2D eigenvalue weighted by molar-refractivity contribution is 0.0899. The summed E-state index contributed by atoms with van der Waals surface area (Å²) in [6.45, 7) is 2.91. The summed E-state index contributed by atoms with van der Waals surface area (Å²) in [4.78, 5) is 12.2. The quantitative estimate of drug-likeness (QED) is 0.882. The third kappa shape index (κ3) is 3.39. The number of benzene rings is 1. The fraction of sp³-hybridized carbons (Fsp3) is 0.533. The van der Waals surface area contributed by atoms with Crippen molar-refractivity contribution >= 4 is 16.9 Å². The molecule has 6 heteroatoms. The second-order valence-corrected chi connectivity index (χ2v) is 5.61. The Morgan fingerprint density at radius 2 is 2.33 bits per heavy atom. The monoisotopic (exact) mass is 288 g/mol. The van der Waals surface area contributed by atoms with Gasteiger partial charge in [-0.15, -0.1) is 0 Å². The Morgan fingerprint density at radius 3 is 3.14 bits per heavy atom. The summed E-state index contributed by atoms with van der Waals surface area (Å²) in [5, 5.41) is 13.5. The van der Waals surface area contributed by atoms with Crippen LogP contribution in [0.15, 0.2) is 18.2 Å². The van der Waals surface area contributed by atoms with E-state index in [0.717, 1.165) is 37.8 Å². The zero-order chi connectivity index (χ0) is 14.7. The van der Waals surface area contributed by atoms with Crippen LogP contribution in [0.4, 0.5) is 0 Å². The van der Waals surface area contributed by atoms with Crippen LogP contribution in [-0.2, 0) is 4.74 Å². The lowest BCUT2D eigenvalue weighted by Gasteiger charge is -2.16. The Labute approximate surface area is 123 Å². The van der Waals surface area contributed by atoms with Gasteiger partial charge in [0.2, 0.25) is 0 Å². The number of H-pyrrole nitrogens is 1. The van der Waals surface area contributed by atoms with Crippen LogP contribution in [0.1, 0.15) is 43.0 Å². The SMILES string of the molecule is C[C@H](CC[C@@H]1CCCO1)NC(=O)c1ccc2n[nH]nc2c1. The van der Waals surface area contributed by atoms with Gasteiger partial charge in [-0.3, -0.25) is 4.79 Å². The number of fused-ring (bicyclic) bond motifs is 1. The van der Waals surface area contributed by atoms with Gasteiger partial charge in [0.05, 0.1) is 6.10 Å². The van der Waals surface area contributed by atoms with E-state index < -0.39 is 0 Å². The molecule has 2 heterocycles. The van der Waals surface area contributed by atoms with E-state index in [-0.39, 0.29) is 11.9 Å². The highest BCUT2D eigenvalue weighted by Crippen LogP contribution is 2.18. The van der Waals surface area contributed by atoms with Crippen LogP contribution in [0, 0.1) is 0 Å². The molecule has 2 N–H and O–H groups in total. The highest BCUT2D eigenvalue weighted by molar-refractivity contribution is 5.97. The highest BCUT2D eigenvalue weighted by Gasteiger charge is 2.17. The summed E-state index contributed by atoms with van der Waals surface area (Å²) >= 11 is 0. The number of nitrogens with one attached hydrogen (secondary N) is 2. The van der Waals surface area contributed by atoms with Crippen LogP contribution in [0.5, 0.6) is 0 Å². The number of carbonyl (C=O) groups is 1. The van der Waals surface area contributed by atoms with Gasteiger partial charge in [-0.05, 0) is 50.8 Å². The first kappa shape index (κ1) is 14.0. The van der Waals surface area contributed by atoms with E-state index in [4.69, 9.17) is 4.74 Å². The van der Waals surface area contributed by atoms with Gasteiger partial charge < -0.3 is 10.1 Å². The number of nitrogens with zero attached hydrogens (tertiary/aromatic N) is 2. The van der Waals surface area contributed by atoms with Crippen molar-refractivity contribution in [3.05, 3.63) is 23.8 Å². The number of hydrogen-bond donors (Lipinski definition) is 2. The van der Waals surface area contributed by atoms with Crippen LogP contribution >= 0.6 is 0 Å². The lowest BCUT2D eigenvalue weighted by atomic mass is 10.1. The average molecular weight is 288 g/mol. The van der Waals surface area contributed by atoms with E-state index in [2.05, 4.69) is 20.7 Å². The number of carbonyl (C=O) groups excluding carboxylic acids is 1. The largest absolute Gasteiger partial charge is 0.378 e. The lowest BCUT2D eigenvalue weighted by Crippen LogP contribution is -2.33. The fourth-order valence-electron chi connectivity index (χ4n) is 2.67. The molecule has 2 atom stereocenters. The van der Waals surface area contributed by atoms with E-state index >= 15 is 0 Å². The summed E-state index contributed by atoms with van der Waals surface area (Å²) in [5.74, 6) is -0.0697. The van der Waals surface area contributed by atoms with Gasteiger partial charge in [0, 0.05) is 18.2 Å². The summed E-state index contributed by atoms with van der Waals surface area (Å²) in [5.41, 5.74) is 2.08. The van der Waals surface area contributed by atoms with E-state index in [1.165, 1.54) is 0 Å². The molecule has 0 radical (unpaired) electrons. The van der Waals surface area contributed by atoms with E-state index in [1.807, 2.05) is 6.92 Å². The van der Waals surface area contributed by atoms with Crippen molar-refractivity contribution < 1.29 is 9.53 Å². The topological polar surface area (TPSA) is 79.9 Å². The predicted octanol–water partition coefficient (Wildman–Crippen LogP) is 2.04. The van der Waals surface area contributed by atoms with Crippen LogP contribution < -0.4 is 5.32 Å². The van der Waals surface area contributed by atoms with Crippen molar-refractivity contribution in [2.75, 3.05) is 6.61 Å². The molecule has 3 rings (SSSR count). The first-order chi connectivity index (χ1) is 10.2. The molecule has 0 spiro atoms. The highest BCUT2D eigenvalue weighted by atomic mass is 16.5. The maximum absolute atomic E-state index is 12.2. The molecule has 1 aliphatic heterocycles. The smallest absolute Gasteiger partial charge is 0.251 e. The van der Waals surface area contributed by atoms with Crippen LogP contribution in [0.3, 0.4) is 0 Å². The number of aromatic amines is 1. The van der Waals surface area contributed by atoms with Crippen molar-refractivity contribution in [3.8, 4) is 0 Å². The molecular formula is C15H20N4O2. The standard InChI is InChI=1S/C15H20N4O2/c1-10(4-6-12-3-2-8-21-12)16-15(20)11-5-7-13-14(9-11)18-19-17-13/h5,7,9-10,12H,2-4,6,8H2,1H3,(H,16,20)(H,17,18,19)/t10-,12+/m1/s1. The fourth-order valence-corrected chi connectivity index (χ4v) is 2.67. The van der Waals surface area contributed by atoms with Crippen molar-refractivity contribution in [2.24, 2.45) is 0 Å². The predicted molar refractivity (Wildman–Crippen MR) is 79.0 cm³/mol. The van der Waals surface area contributed by atoms with Gasteiger partial charge in [-0.1, -0.05) is 0 Å². The van der Waals surface area contributed by atoms with Gasteiger partial charge in [-0.25, -0.2) is 0 Å². The number of amides is 1. The Kier molecular flexibility index (Phi) is 4.15. The Bertz CT molecular complexity index is 619. The second-order valence-electron chi connectivity index (χ2n) is 5.61. The molecule has 0 bridgehead atoms. The van der Waals surface area contributed by atoms with Crippen molar-refractivity contribution in [1.82, 2.24) is 20.7 Å². The Hall–Kier alpha value is -1.95. The van der Waals surface area contributed by atoms with E-state index in [9.17, 15) is 4.79 Å². The zero-order valence-corrected chi connectivity index (χ0v) is 12.1. The first-order valence-electron chi connectivity index (χ1n) is 7.45. The van der Waals surface area contributed by atoms with Gasteiger partial charge in [-0.2, -0.15) is 15.4 Å². The van der Waals surface area contributed by atoms with Gasteiger partial charge in [0.15, 0.2) is 0 Å². The van der Waals surface area contributed by atoms with Gasteiger partial charge in [0.1, 0.15) is 11.0 Å². The summed E-state index contributed by atoms with van der Waals surface area (Å²) in [7, 11) is 0. The van der Waals surface area contributed by atoms with Gasteiger partial charge in [0.25, 0.3) is 5.91 Å². The molecule has 21 heavy (non-hydrogen) atoms. The summed E-state index contributed by atoms with van der Waals surface area (Å²) in [6, 6.07) is 5.45. The molecular weight excluding hydrogens is 268 g/mol. The van der Waals surface area contributed by atoms with E-state index in [1.54, 1.807) is 18.2 Å². The van der Waals surface area contributed by atoms with Crippen molar-refractivity contribution in [2.45, 2.75) is 44.8 Å². The van der Waals surface area contributed by atoms with E-state index in [0.29, 0.717) is 17.2 Å². The summed E-state index contributed by atoms with van der Waals surface area (Å²) < 4.78 is 5.60. The Balaban J connectivity index is 1.54. The van der Waals surface area contributed by atoms with Crippen molar-refractivity contribution in [3.63, 3.8) is 0 Å².